The molecule has 2 heterocycles. The van der Waals surface area contributed by atoms with Crippen molar-refractivity contribution in [2.45, 2.75) is 25.8 Å². The van der Waals surface area contributed by atoms with E-state index in [-0.39, 0.29) is 0 Å². The molecule has 2 rings (SSSR count). The number of hydrogen-bond donors (Lipinski definition) is 1. The van der Waals surface area contributed by atoms with E-state index < -0.39 is 0 Å². The molecule has 1 fully saturated rings. The summed E-state index contributed by atoms with van der Waals surface area (Å²) in [5, 5.41) is 3.50. The molecule has 2 aliphatic heterocycles. The van der Waals surface area contributed by atoms with Gasteiger partial charge in [0.25, 0.3) is 0 Å². The molecule has 0 aromatic rings. The van der Waals surface area contributed by atoms with E-state index in [4.69, 9.17) is 4.74 Å². The summed E-state index contributed by atoms with van der Waals surface area (Å²) in [5.41, 5.74) is 1.55. The first-order valence-corrected chi connectivity index (χ1v) is 6.04. The van der Waals surface area contributed by atoms with Gasteiger partial charge in [-0.3, -0.25) is 4.90 Å². The summed E-state index contributed by atoms with van der Waals surface area (Å²) in [6.45, 7) is 8.59. The maximum Gasteiger partial charge on any atom is 0.0620 e. The molecule has 0 saturated carbocycles. The summed E-state index contributed by atoms with van der Waals surface area (Å²) >= 11 is 0. The van der Waals surface area contributed by atoms with E-state index in [1.165, 1.54) is 25.9 Å². The first kappa shape index (κ1) is 11.1. The van der Waals surface area contributed by atoms with Crippen molar-refractivity contribution in [3.05, 3.63) is 11.6 Å². The number of hydrogen-bond acceptors (Lipinski definition) is 3. The Hall–Kier alpha value is -0.380. The van der Waals surface area contributed by atoms with Gasteiger partial charge in [0.15, 0.2) is 0 Å². The molecule has 1 N–H and O–H groups in total. The van der Waals surface area contributed by atoms with Gasteiger partial charge in [0.2, 0.25) is 0 Å². The lowest BCUT2D eigenvalue weighted by Crippen LogP contribution is -2.43. The van der Waals surface area contributed by atoms with E-state index in [1.807, 2.05) is 0 Å². The van der Waals surface area contributed by atoms with Crippen molar-refractivity contribution in [3.63, 3.8) is 0 Å². The summed E-state index contributed by atoms with van der Waals surface area (Å²) < 4.78 is 5.45. The molecule has 0 amide bonds. The summed E-state index contributed by atoms with van der Waals surface area (Å²) in [4.78, 5) is 2.53. The van der Waals surface area contributed by atoms with Crippen molar-refractivity contribution in [1.82, 2.24) is 10.2 Å². The number of nitrogens with zero attached hydrogens (tertiary/aromatic N) is 1. The Morgan fingerprint density at radius 1 is 1.60 bits per heavy atom. The van der Waals surface area contributed by atoms with Gasteiger partial charge < -0.3 is 10.1 Å². The zero-order valence-electron chi connectivity index (χ0n) is 9.67. The Morgan fingerprint density at radius 3 is 3.20 bits per heavy atom. The SMILES string of the molecule is CC1=CCN(CCC2COCCN2)CC1. The average molecular weight is 210 g/mol. The maximum atomic E-state index is 5.45. The molecule has 2 aliphatic rings. The Kier molecular flexibility index (Phi) is 4.18. The minimum atomic E-state index is 0.575. The lowest BCUT2D eigenvalue weighted by atomic mass is 10.1. The van der Waals surface area contributed by atoms with Gasteiger partial charge in [0, 0.05) is 32.2 Å². The zero-order valence-corrected chi connectivity index (χ0v) is 9.67. The average Bonchev–Trinajstić information content (AvgIpc) is 2.30. The normalized spacial score (nSPS) is 28.9. The number of rotatable bonds is 3. The van der Waals surface area contributed by atoms with Crippen LogP contribution in [0.25, 0.3) is 0 Å². The van der Waals surface area contributed by atoms with Crippen molar-refractivity contribution < 1.29 is 4.74 Å². The van der Waals surface area contributed by atoms with E-state index in [2.05, 4.69) is 23.2 Å². The molecule has 15 heavy (non-hydrogen) atoms. The fourth-order valence-corrected chi connectivity index (χ4v) is 2.16. The van der Waals surface area contributed by atoms with Crippen molar-refractivity contribution in [2.24, 2.45) is 0 Å². The fraction of sp³-hybridized carbons (Fsp3) is 0.833. The second-order valence-electron chi connectivity index (χ2n) is 4.62. The molecular weight excluding hydrogens is 188 g/mol. The number of nitrogens with one attached hydrogen (secondary N) is 1. The van der Waals surface area contributed by atoms with E-state index in [1.54, 1.807) is 5.57 Å². The second-order valence-corrected chi connectivity index (χ2v) is 4.62. The molecular formula is C12H22N2O. The minimum Gasteiger partial charge on any atom is -0.379 e. The Labute approximate surface area is 92.5 Å². The fourth-order valence-electron chi connectivity index (χ4n) is 2.16. The van der Waals surface area contributed by atoms with Crippen molar-refractivity contribution in [2.75, 3.05) is 39.4 Å². The molecule has 0 radical (unpaired) electrons. The molecule has 1 atom stereocenters. The number of morpholine rings is 1. The first-order valence-electron chi connectivity index (χ1n) is 6.04. The van der Waals surface area contributed by atoms with Crippen molar-refractivity contribution in [1.29, 1.82) is 0 Å². The van der Waals surface area contributed by atoms with Crippen LogP contribution >= 0.6 is 0 Å². The molecule has 3 nitrogen and oxygen atoms in total. The lowest BCUT2D eigenvalue weighted by molar-refractivity contribution is 0.0703. The maximum absolute atomic E-state index is 5.45. The van der Waals surface area contributed by atoms with Gasteiger partial charge in [-0.05, 0) is 19.8 Å². The molecule has 0 aliphatic carbocycles. The van der Waals surface area contributed by atoms with Crippen LogP contribution in [-0.2, 0) is 4.74 Å². The predicted molar refractivity (Wildman–Crippen MR) is 62.0 cm³/mol. The third kappa shape index (κ3) is 3.59. The quantitative estimate of drug-likeness (QED) is 0.704. The molecule has 1 unspecified atom stereocenters. The predicted octanol–water partition coefficient (Wildman–Crippen LogP) is 1.02. The Bertz CT molecular complexity index is 222. The van der Waals surface area contributed by atoms with Crippen LogP contribution in [0.2, 0.25) is 0 Å². The van der Waals surface area contributed by atoms with E-state index >= 15 is 0 Å². The van der Waals surface area contributed by atoms with E-state index in [9.17, 15) is 0 Å². The Balaban J connectivity index is 1.65. The lowest BCUT2D eigenvalue weighted by Gasteiger charge is -2.29. The molecule has 86 valence electrons. The largest absolute Gasteiger partial charge is 0.379 e. The highest BCUT2D eigenvalue weighted by Gasteiger charge is 2.15. The van der Waals surface area contributed by atoms with Crippen LogP contribution in [0.1, 0.15) is 19.8 Å². The number of ether oxygens (including phenoxy) is 1. The van der Waals surface area contributed by atoms with E-state index in [0.717, 1.165) is 26.3 Å². The molecule has 0 bridgehead atoms. The zero-order chi connectivity index (χ0) is 10.5. The molecule has 0 aromatic carbocycles. The van der Waals surface area contributed by atoms with Gasteiger partial charge in [0.05, 0.1) is 13.2 Å². The molecule has 3 heteroatoms. The highest BCUT2D eigenvalue weighted by molar-refractivity contribution is 5.03. The molecule has 0 spiro atoms. The summed E-state index contributed by atoms with van der Waals surface area (Å²) in [7, 11) is 0. The van der Waals surface area contributed by atoms with Crippen LogP contribution in [0.5, 0.6) is 0 Å². The third-order valence-electron chi connectivity index (χ3n) is 3.31. The van der Waals surface area contributed by atoms with Crippen LogP contribution in [0.15, 0.2) is 11.6 Å². The molecule has 1 saturated heterocycles. The van der Waals surface area contributed by atoms with Crippen LogP contribution < -0.4 is 5.32 Å². The highest BCUT2D eigenvalue weighted by atomic mass is 16.5. The van der Waals surface area contributed by atoms with Gasteiger partial charge in [-0.15, -0.1) is 0 Å². The van der Waals surface area contributed by atoms with E-state index in [0.29, 0.717) is 6.04 Å². The topological polar surface area (TPSA) is 24.5 Å². The second kappa shape index (κ2) is 5.64. The third-order valence-corrected chi connectivity index (χ3v) is 3.31. The monoisotopic (exact) mass is 210 g/mol. The van der Waals surface area contributed by atoms with Gasteiger partial charge in [-0.25, -0.2) is 0 Å². The van der Waals surface area contributed by atoms with Crippen LogP contribution in [-0.4, -0.2) is 50.3 Å². The first-order chi connectivity index (χ1) is 7.34. The van der Waals surface area contributed by atoms with Crippen LogP contribution in [0.4, 0.5) is 0 Å². The smallest absolute Gasteiger partial charge is 0.0620 e. The Morgan fingerprint density at radius 2 is 2.53 bits per heavy atom. The highest BCUT2D eigenvalue weighted by Crippen LogP contribution is 2.10. The summed E-state index contributed by atoms with van der Waals surface area (Å²) in [6.07, 6.45) is 4.82. The van der Waals surface area contributed by atoms with Gasteiger partial charge in [-0.2, -0.15) is 0 Å². The molecule has 0 aromatic heterocycles. The van der Waals surface area contributed by atoms with Crippen LogP contribution in [0.3, 0.4) is 0 Å². The van der Waals surface area contributed by atoms with Crippen molar-refractivity contribution >= 4 is 0 Å². The van der Waals surface area contributed by atoms with Gasteiger partial charge >= 0.3 is 0 Å². The minimum absolute atomic E-state index is 0.575. The summed E-state index contributed by atoms with van der Waals surface area (Å²) in [6, 6.07) is 0.575. The van der Waals surface area contributed by atoms with Gasteiger partial charge in [-0.1, -0.05) is 11.6 Å². The van der Waals surface area contributed by atoms with Crippen molar-refractivity contribution in [3.8, 4) is 0 Å². The standard InChI is InChI=1S/C12H22N2O/c1-11-2-6-14(7-3-11)8-4-12-10-15-9-5-13-12/h2,12-13H,3-10H2,1H3. The van der Waals surface area contributed by atoms with Gasteiger partial charge in [0.1, 0.15) is 0 Å². The van der Waals surface area contributed by atoms with Crippen LogP contribution in [0, 0.1) is 0 Å². The summed E-state index contributed by atoms with van der Waals surface area (Å²) in [5.74, 6) is 0.